The van der Waals surface area contributed by atoms with Gasteiger partial charge in [-0.05, 0) is 12.3 Å². The second-order valence-electron chi connectivity index (χ2n) is 3.82. The van der Waals surface area contributed by atoms with E-state index in [1.165, 1.54) is 4.31 Å². The van der Waals surface area contributed by atoms with E-state index in [1.807, 2.05) is 0 Å². The monoisotopic (exact) mass is 275 g/mol. The highest BCUT2D eigenvalue weighted by molar-refractivity contribution is 8.06. The number of sulfone groups is 1. The maximum absolute atomic E-state index is 11.6. The number of halogens is 1. The topological polar surface area (TPSA) is 71.5 Å². The normalized spacial score (nSPS) is 24.5. The Morgan fingerprint density at radius 1 is 1.33 bits per heavy atom. The van der Waals surface area contributed by atoms with Crippen LogP contribution in [0.15, 0.2) is 0 Å². The van der Waals surface area contributed by atoms with E-state index in [4.69, 9.17) is 11.6 Å². The van der Waals surface area contributed by atoms with Crippen molar-refractivity contribution in [2.45, 2.75) is 6.42 Å². The number of alkyl halides is 1. The largest absolute Gasteiger partial charge is 0.228 e. The van der Waals surface area contributed by atoms with Crippen LogP contribution in [0, 0.1) is 5.92 Å². The average molecular weight is 276 g/mol. The van der Waals surface area contributed by atoms with Crippen LogP contribution in [0.4, 0.5) is 0 Å². The van der Waals surface area contributed by atoms with E-state index in [-0.39, 0.29) is 5.92 Å². The molecule has 0 aromatic rings. The van der Waals surface area contributed by atoms with Crippen molar-refractivity contribution in [3.63, 3.8) is 0 Å². The third-order valence-corrected chi connectivity index (χ3v) is 6.68. The van der Waals surface area contributed by atoms with Crippen LogP contribution in [0.2, 0.25) is 0 Å². The van der Waals surface area contributed by atoms with Gasteiger partial charge in [-0.15, -0.1) is 11.6 Å². The molecule has 1 aliphatic rings. The fourth-order valence-corrected chi connectivity index (χ4v) is 5.35. The van der Waals surface area contributed by atoms with E-state index in [0.717, 1.165) is 6.26 Å². The maximum atomic E-state index is 11.6. The first-order valence-corrected chi connectivity index (χ1v) is 8.66. The van der Waals surface area contributed by atoms with Gasteiger partial charge in [0.2, 0.25) is 10.0 Å². The summed E-state index contributed by atoms with van der Waals surface area (Å²) >= 11 is 5.62. The van der Waals surface area contributed by atoms with Gasteiger partial charge < -0.3 is 0 Å². The molecule has 0 bridgehead atoms. The van der Waals surface area contributed by atoms with Crippen molar-refractivity contribution in [2.75, 3.05) is 30.3 Å². The Balaban J connectivity index is 2.73. The minimum absolute atomic E-state index is 0.140. The summed E-state index contributed by atoms with van der Waals surface area (Å²) in [6.07, 6.45) is 1.62. The van der Waals surface area contributed by atoms with Crippen LogP contribution in [-0.2, 0) is 19.9 Å². The van der Waals surface area contributed by atoms with E-state index in [9.17, 15) is 16.8 Å². The van der Waals surface area contributed by atoms with E-state index in [0.29, 0.717) is 25.4 Å². The van der Waals surface area contributed by atoms with Crippen LogP contribution in [0.1, 0.15) is 6.42 Å². The summed E-state index contributed by atoms with van der Waals surface area (Å²) in [5.74, 6) is 0.547. The molecule has 1 aliphatic heterocycles. The zero-order chi connectivity index (χ0) is 11.7. The molecule has 0 spiro atoms. The summed E-state index contributed by atoms with van der Waals surface area (Å²) in [7, 11) is -7.18. The molecule has 1 saturated heterocycles. The molecule has 0 saturated carbocycles. The van der Waals surface area contributed by atoms with Crippen LogP contribution in [-0.4, -0.2) is 51.5 Å². The molecule has 0 aromatic heterocycles. The third kappa shape index (κ3) is 3.90. The zero-order valence-corrected chi connectivity index (χ0v) is 10.8. The quantitative estimate of drug-likeness (QED) is 0.671. The molecular weight excluding hydrogens is 262 g/mol. The van der Waals surface area contributed by atoms with Crippen LogP contribution in [0.3, 0.4) is 0 Å². The van der Waals surface area contributed by atoms with Gasteiger partial charge in [-0.1, -0.05) is 0 Å². The van der Waals surface area contributed by atoms with Gasteiger partial charge in [-0.25, -0.2) is 21.1 Å². The molecule has 1 rings (SSSR count). The van der Waals surface area contributed by atoms with Gasteiger partial charge >= 0.3 is 0 Å². The standard InChI is InChI=1S/C7H14ClNO4S2/c1-14(10,11)6-15(12,13)9-3-2-7(4-8)5-9/h7H,2-6H2,1H3. The first kappa shape index (κ1) is 13.2. The first-order chi connectivity index (χ1) is 6.74. The first-order valence-electron chi connectivity index (χ1n) is 4.46. The number of nitrogens with zero attached hydrogens (tertiary/aromatic N) is 1. The lowest BCUT2D eigenvalue weighted by Gasteiger charge is -2.15. The van der Waals surface area contributed by atoms with Crippen molar-refractivity contribution in [1.29, 1.82) is 0 Å². The fourth-order valence-electron chi connectivity index (χ4n) is 1.52. The van der Waals surface area contributed by atoms with Crippen molar-refractivity contribution < 1.29 is 16.8 Å². The summed E-state index contributed by atoms with van der Waals surface area (Å²) in [6, 6.07) is 0. The van der Waals surface area contributed by atoms with Crippen LogP contribution >= 0.6 is 11.6 Å². The molecule has 0 N–H and O–H groups in total. The lowest BCUT2D eigenvalue weighted by atomic mass is 10.2. The average Bonchev–Trinajstić information content (AvgIpc) is 2.47. The molecule has 1 heterocycles. The Bertz CT molecular complexity index is 416. The van der Waals surface area contributed by atoms with Gasteiger partial charge in [0.25, 0.3) is 0 Å². The molecule has 1 fully saturated rings. The summed E-state index contributed by atoms with van der Waals surface area (Å²) in [4.78, 5) is 0. The Morgan fingerprint density at radius 3 is 2.33 bits per heavy atom. The number of hydrogen-bond donors (Lipinski definition) is 0. The molecule has 1 atom stereocenters. The second-order valence-corrected chi connectivity index (χ2v) is 8.61. The van der Waals surface area contributed by atoms with Crippen LogP contribution < -0.4 is 0 Å². The molecule has 0 aliphatic carbocycles. The molecule has 5 nitrogen and oxygen atoms in total. The smallest absolute Gasteiger partial charge is 0.228 e. The Morgan fingerprint density at radius 2 is 1.93 bits per heavy atom. The number of rotatable bonds is 4. The molecule has 15 heavy (non-hydrogen) atoms. The number of hydrogen-bond acceptors (Lipinski definition) is 4. The van der Waals surface area contributed by atoms with E-state index >= 15 is 0 Å². The van der Waals surface area contributed by atoms with Crippen LogP contribution in [0.25, 0.3) is 0 Å². The molecule has 8 heteroatoms. The second kappa shape index (κ2) is 4.57. The molecule has 90 valence electrons. The highest BCUT2D eigenvalue weighted by Gasteiger charge is 2.32. The Kier molecular flexibility index (Phi) is 4.02. The minimum Gasteiger partial charge on any atom is -0.228 e. The maximum Gasteiger partial charge on any atom is 0.228 e. The van der Waals surface area contributed by atoms with Gasteiger partial charge in [0.1, 0.15) is 0 Å². The molecule has 1 unspecified atom stereocenters. The van der Waals surface area contributed by atoms with Gasteiger partial charge in [-0.2, -0.15) is 0 Å². The van der Waals surface area contributed by atoms with Crippen LogP contribution in [0.5, 0.6) is 0 Å². The molecule has 0 aromatic carbocycles. The zero-order valence-electron chi connectivity index (χ0n) is 8.39. The van der Waals surface area contributed by atoms with Gasteiger partial charge in [0, 0.05) is 25.2 Å². The number of sulfonamides is 1. The Labute approximate surface area is 95.4 Å². The highest BCUT2D eigenvalue weighted by Crippen LogP contribution is 2.21. The van der Waals surface area contributed by atoms with Gasteiger partial charge in [-0.3, -0.25) is 0 Å². The predicted octanol–water partition coefficient (Wildman–Crippen LogP) is -0.121. The summed E-state index contributed by atoms with van der Waals surface area (Å²) in [5, 5.41) is -0.811. The van der Waals surface area contributed by atoms with Crippen molar-refractivity contribution in [3.05, 3.63) is 0 Å². The molecule has 0 radical (unpaired) electrons. The third-order valence-electron chi connectivity index (χ3n) is 2.22. The lowest BCUT2D eigenvalue weighted by Crippen LogP contribution is -2.33. The van der Waals surface area contributed by atoms with E-state index < -0.39 is 24.9 Å². The van der Waals surface area contributed by atoms with Crippen molar-refractivity contribution in [2.24, 2.45) is 5.92 Å². The van der Waals surface area contributed by atoms with Gasteiger partial charge in [0.05, 0.1) is 0 Å². The predicted molar refractivity (Wildman–Crippen MR) is 59.0 cm³/mol. The van der Waals surface area contributed by atoms with Crippen molar-refractivity contribution >= 4 is 31.5 Å². The fraction of sp³-hybridized carbons (Fsp3) is 1.00. The van der Waals surface area contributed by atoms with E-state index in [2.05, 4.69) is 0 Å². The van der Waals surface area contributed by atoms with Crippen molar-refractivity contribution in [1.82, 2.24) is 4.31 Å². The minimum atomic E-state index is -3.67. The van der Waals surface area contributed by atoms with E-state index in [1.54, 1.807) is 0 Å². The Hall–Kier alpha value is 0.150. The summed E-state index contributed by atoms with van der Waals surface area (Å²) in [5.41, 5.74) is 0. The van der Waals surface area contributed by atoms with Gasteiger partial charge in [0.15, 0.2) is 14.9 Å². The summed E-state index contributed by atoms with van der Waals surface area (Å²) in [6.45, 7) is 0.705. The van der Waals surface area contributed by atoms with Crippen molar-refractivity contribution in [3.8, 4) is 0 Å². The lowest BCUT2D eigenvalue weighted by molar-refractivity contribution is 0.468. The summed E-state index contributed by atoms with van der Waals surface area (Å²) < 4.78 is 46.3. The molecular formula is C7H14ClNO4S2. The highest BCUT2D eigenvalue weighted by atomic mass is 35.5. The SMILES string of the molecule is CS(=O)(=O)CS(=O)(=O)N1CCC(CCl)C1. The molecule has 0 amide bonds.